The van der Waals surface area contributed by atoms with Crippen LogP contribution < -0.4 is 9.64 Å². The lowest BCUT2D eigenvalue weighted by molar-refractivity contribution is -0.121. The first-order chi connectivity index (χ1) is 12.9. The average molecular weight is 411 g/mol. The number of hydrogen-bond acceptors (Lipinski definition) is 5. The van der Waals surface area contributed by atoms with E-state index in [9.17, 15) is 13.2 Å². The Hall–Kier alpha value is -1.54. The quantitative estimate of drug-likeness (QED) is 0.717. The summed E-state index contributed by atoms with van der Waals surface area (Å²) >= 11 is 1.41. The van der Waals surface area contributed by atoms with Crippen molar-refractivity contribution in [1.82, 2.24) is 0 Å². The maximum Gasteiger partial charge on any atom is 0.251 e. The molecule has 2 aliphatic heterocycles. The highest BCUT2D eigenvalue weighted by Crippen LogP contribution is 2.41. The monoisotopic (exact) mass is 410 g/mol. The Morgan fingerprint density at radius 3 is 2.48 bits per heavy atom. The Balaban J connectivity index is 1.94. The molecular weight excluding hydrogens is 384 g/mol. The van der Waals surface area contributed by atoms with Crippen LogP contribution in [0.1, 0.15) is 33.6 Å². The van der Waals surface area contributed by atoms with Crippen molar-refractivity contribution >= 4 is 38.4 Å². The maximum atomic E-state index is 12.6. The van der Waals surface area contributed by atoms with Crippen LogP contribution in [0.25, 0.3) is 0 Å². The molecule has 1 aromatic rings. The summed E-state index contributed by atoms with van der Waals surface area (Å²) in [6.07, 6.45) is 1.50. The van der Waals surface area contributed by atoms with Crippen molar-refractivity contribution in [2.75, 3.05) is 23.0 Å². The van der Waals surface area contributed by atoms with Crippen molar-refractivity contribution in [3.8, 4) is 5.75 Å². The molecule has 1 amide bonds. The first-order valence-corrected chi connectivity index (χ1v) is 12.1. The fraction of sp³-hybridized carbons (Fsp3) is 0.579. The van der Waals surface area contributed by atoms with Crippen LogP contribution in [0.3, 0.4) is 0 Å². The number of amidine groups is 1. The summed E-state index contributed by atoms with van der Waals surface area (Å²) in [4.78, 5) is 18.9. The Bertz CT molecular complexity index is 817. The van der Waals surface area contributed by atoms with E-state index in [4.69, 9.17) is 4.74 Å². The minimum atomic E-state index is -3.07. The van der Waals surface area contributed by atoms with Crippen LogP contribution >= 0.6 is 11.8 Å². The predicted octanol–water partition coefficient (Wildman–Crippen LogP) is 3.12. The number of thioether (sulfide) groups is 1. The number of hydrogen-bond donors (Lipinski definition) is 0. The van der Waals surface area contributed by atoms with Crippen molar-refractivity contribution in [3.05, 3.63) is 24.3 Å². The lowest BCUT2D eigenvalue weighted by Crippen LogP contribution is -2.37. The number of rotatable bonds is 6. The molecule has 2 saturated heterocycles. The topological polar surface area (TPSA) is 76.0 Å². The van der Waals surface area contributed by atoms with Gasteiger partial charge in [-0.2, -0.15) is 4.99 Å². The summed E-state index contributed by atoms with van der Waals surface area (Å²) < 4.78 is 29.7. The second kappa shape index (κ2) is 8.22. The molecule has 148 valence electrons. The molecule has 6 nitrogen and oxygen atoms in total. The number of sulfone groups is 1. The van der Waals surface area contributed by atoms with Crippen molar-refractivity contribution < 1.29 is 17.9 Å². The predicted molar refractivity (Wildman–Crippen MR) is 110 cm³/mol. The molecule has 0 aliphatic carbocycles. The number of aliphatic imine (C=N–C) groups is 1. The van der Waals surface area contributed by atoms with Gasteiger partial charge in [0.25, 0.3) is 5.91 Å². The molecule has 0 spiro atoms. The molecule has 0 saturated carbocycles. The first kappa shape index (κ1) is 20.2. The molecule has 8 heteroatoms. The van der Waals surface area contributed by atoms with Gasteiger partial charge in [-0.15, -0.1) is 0 Å². The van der Waals surface area contributed by atoms with Gasteiger partial charge in [-0.05, 0) is 44.0 Å². The van der Waals surface area contributed by atoms with E-state index in [2.05, 4.69) is 4.99 Å². The Morgan fingerprint density at radius 2 is 1.89 bits per heavy atom. The van der Waals surface area contributed by atoms with Gasteiger partial charge in [0.2, 0.25) is 0 Å². The molecule has 3 rings (SSSR count). The number of benzene rings is 1. The highest BCUT2D eigenvalue weighted by Gasteiger charge is 2.49. The van der Waals surface area contributed by atoms with E-state index in [-0.39, 0.29) is 34.6 Å². The molecule has 0 unspecified atom stereocenters. The van der Waals surface area contributed by atoms with Gasteiger partial charge in [0.15, 0.2) is 15.0 Å². The third-order valence-electron chi connectivity index (χ3n) is 5.03. The second-order valence-electron chi connectivity index (χ2n) is 6.84. The van der Waals surface area contributed by atoms with E-state index in [0.717, 1.165) is 24.3 Å². The summed E-state index contributed by atoms with van der Waals surface area (Å²) in [5, 5.41) is 0.524. The summed E-state index contributed by atoms with van der Waals surface area (Å²) in [6.45, 7) is 6.48. The van der Waals surface area contributed by atoms with E-state index in [0.29, 0.717) is 11.8 Å². The number of carbonyl (C=O) groups excluding carboxylic acids is 1. The molecule has 0 aromatic heterocycles. The normalized spacial score (nSPS) is 25.2. The second-order valence-corrected chi connectivity index (χ2v) is 10.2. The van der Waals surface area contributed by atoms with E-state index in [1.54, 1.807) is 0 Å². The molecule has 1 aromatic carbocycles. The fourth-order valence-corrected chi connectivity index (χ4v) is 7.48. The number of anilines is 1. The van der Waals surface area contributed by atoms with Crippen molar-refractivity contribution in [1.29, 1.82) is 0 Å². The van der Waals surface area contributed by atoms with Crippen LogP contribution in [0.15, 0.2) is 29.3 Å². The summed E-state index contributed by atoms with van der Waals surface area (Å²) in [5.41, 5.74) is 0.839. The van der Waals surface area contributed by atoms with Gasteiger partial charge < -0.3 is 9.64 Å². The number of fused-ring (bicyclic) bond motifs is 1. The molecule has 2 atom stereocenters. The highest BCUT2D eigenvalue weighted by atomic mass is 32.2. The van der Waals surface area contributed by atoms with Crippen molar-refractivity contribution in [2.24, 2.45) is 10.9 Å². The van der Waals surface area contributed by atoms with Gasteiger partial charge in [0.05, 0.1) is 24.2 Å². The molecule has 2 aliphatic rings. The average Bonchev–Trinajstić information content (AvgIpc) is 3.08. The SMILES string of the molecule is CCOc1ccc(N2C(=NC(=O)C(CC)CC)S[C@H]3CS(=O)(=O)C[C@H]32)cc1. The van der Waals surface area contributed by atoms with Gasteiger partial charge in [-0.25, -0.2) is 8.42 Å². The first-order valence-electron chi connectivity index (χ1n) is 9.40. The Kier molecular flexibility index (Phi) is 6.15. The Morgan fingerprint density at radius 1 is 1.22 bits per heavy atom. The van der Waals surface area contributed by atoms with Crippen molar-refractivity contribution in [3.63, 3.8) is 0 Å². The van der Waals surface area contributed by atoms with Gasteiger partial charge in [-0.3, -0.25) is 4.79 Å². The largest absolute Gasteiger partial charge is 0.494 e. The number of amides is 1. The molecule has 0 radical (unpaired) electrons. The van der Waals surface area contributed by atoms with E-state index in [1.165, 1.54) is 11.8 Å². The van der Waals surface area contributed by atoms with Gasteiger partial charge in [-0.1, -0.05) is 25.6 Å². The van der Waals surface area contributed by atoms with Crippen LogP contribution in [0.5, 0.6) is 5.75 Å². The molecule has 0 bridgehead atoms. The van der Waals surface area contributed by atoms with E-state index in [1.807, 2.05) is 49.9 Å². The van der Waals surface area contributed by atoms with Gasteiger partial charge >= 0.3 is 0 Å². The summed E-state index contributed by atoms with van der Waals surface area (Å²) in [6, 6.07) is 7.33. The third-order valence-corrected chi connectivity index (χ3v) is 8.24. The minimum absolute atomic E-state index is 0.0881. The number of nitrogens with zero attached hydrogens (tertiary/aromatic N) is 2. The summed E-state index contributed by atoms with van der Waals surface area (Å²) in [5.74, 6) is 0.769. The standard InChI is InChI=1S/C19H26N2O4S2/c1-4-13(5-2)18(22)20-19-21(14-7-9-15(10-8-14)25-6-3)16-11-27(23,24)12-17(16)26-19/h7-10,13,16-17H,4-6,11-12H2,1-3H3/t16-,17+/m1/s1. The molecule has 2 fully saturated rings. The number of carbonyl (C=O) groups is 1. The number of ether oxygens (including phenoxy) is 1. The minimum Gasteiger partial charge on any atom is -0.494 e. The molecular formula is C19H26N2O4S2. The Labute approximate surface area is 165 Å². The zero-order valence-electron chi connectivity index (χ0n) is 15.9. The fourth-order valence-electron chi connectivity index (χ4n) is 3.56. The van der Waals surface area contributed by atoms with Crippen LogP contribution in [0, 0.1) is 5.92 Å². The van der Waals surface area contributed by atoms with Crippen LogP contribution in [-0.4, -0.2) is 48.9 Å². The maximum absolute atomic E-state index is 12.6. The lowest BCUT2D eigenvalue weighted by atomic mass is 10.0. The molecule has 2 heterocycles. The summed E-state index contributed by atoms with van der Waals surface area (Å²) in [7, 11) is -3.07. The van der Waals surface area contributed by atoms with Crippen LogP contribution in [0.4, 0.5) is 5.69 Å². The van der Waals surface area contributed by atoms with E-state index >= 15 is 0 Å². The van der Waals surface area contributed by atoms with Crippen LogP contribution in [-0.2, 0) is 14.6 Å². The lowest BCUT2D eigenvalue weighted by Gasteiger charge is -2.25. The van der Waals surface area contributed by atoms with Crippen LogP contribution in [0.2, 0.25) is 0 Å². The van der Waals surface area contributed by atoms with Gasteiger partial charge in [0, 0.05) is 16.9 Å². The third kappa shape index (κ3) is 4.32. The molecule has 0 N–H and O–H groups in total. The smallest absolute Gasteiger partial charge is 0.251 e. The van der Waals surface area contributed by atoms with Crippen molar-refractivity contribution in [2.45, 2.75) is 44.9 Å². The molecule has 27 heavy (non-hydrogen) atoms. The van der Waals surface area contributed by atoms with Gasteiger partial charge in [0.1, 0.15) is 5.75 Å². The zero-order valence-corrected chi connectivity index (χ0v) is 17.6. The van der Waals surface area contributed by atoms with E-state index < -0.39 is 9.84 Å². The zero-order chi connectivity index (χ0) is 19.6. The highest BCUT2D eigenvalue weighted by molar-refractivity contribution is 8.16.